The molecule has 1 N–H and O–H groups in total. The fraction of sp³-hybridized carbons (Fsp3) is 0.467. The van der Waals surface area contributed by atoms with Crippen LogP contribution in [0.5, 0.6) is 0 Å². The normalized spacial score (nSPS) is 16.8. The molecule has 0 aliphatic carbocycles. The van der Waals surface area contributed by atoms with Gasteiger partial charge in [0.2, 0.25) is 0 Å². The fourth-order valence-corrected chi connectivity index (χ4v) is 2.29. The first-order chi connectivity index (χ1) is 9.19. The van der Waals surface area contributed by atoms with Crippen molar-refractivity contribution in [2.24, 2.45) is 0 Å². The summed E-state index contributed by atoms with van der Waals surface area (Å²) in [5, 5.41) is 11.7. The van der Waals surface area contributed by atoms with E-state index in [1.165, 1.54) is 0 Å². The summed E-state index contributed by atoms with van der Waals surface area (Å²) < 4.78 is 0. The van der Waals surface area contributed by atoms with E-state index < -0.39 is 0 Å². The Bertz CT molecular complexity index is 467. The summed E-state index contributed by atoms with van der Waals surface area (Å²) in [7, 11) is 2.10. The van der Waals surface area contributed by atoms with Crippen molar-refractivity contribution in [2.75, 3.05) is 20.1 Å². The number of piperidine rings is 1. The van der Waals surface area contributed by atoms with Crippen LogP contribution in [0, 0.1) is 11.3 Å². The molecule has 1 heterocycles. The van der Waals surface area contributed by atoms with E-state index in [1.807, 2.05) is 12.1 Å². The second-order valence-electron chi connectivity index (χ2n) is 5.08. The van der Waals surface area contributed by atoms with Gasteiger partial charge in [0.25, 0.3) is 5.91 Å². The molecule has 1 fully saturated rings. The van der Waals surface area contributed by atoms with Gasteiger partial charge in [-0.2, -0.15) is 5.26 Å². The molecule has 2 rings (SSSR count). The van der Waals surface area contributed by atoms with Crippen LogP contribution >= 0.6 is 0 Å². The first kappa shape index (κ1) is 13.6. The molecule has 1 aliphatic rings. The molecule has 4 nitrogen and oxygen atoms in total. The molecule has 0 atom stereocenters. The Morgan fingerprint density at radius 1 is 1.37 bits per heavy atom. The van der Waals surface area contributed by atoms with E-state index in [0.29, 0.717) is 12.0 Å². The minimum Gasteiger partial charge on any atom is -0.349 e. The van der Waals surface area contributed by atoms with Crippen LogP contribution in [-0.2, 0) is 6.42 Å². The third-order valence-electron chi connectivity index (χ3n) is 3.55. The van der Waals surface area contributed by atoms with Gasteiger partial charge >= 0.3 is 0 Å². The number of benzene rings is 1. The van der Waals surface area contributed by atoms with Crippen molar-refractivity contribution in [1.82, 2.24) is 10.2 Å². The average molecular weight is 257 g/mol. The summed E-state index contributed by atoms with van der Waals surface area (Å²) in [5.41, 5.74) is 1.61. The molecule has 4 heteroatoms. The van der Waals surface area contributed by atoms with Gasteiger partial charge < -0.3 is 10.2 Å². The summed E-state index contributed by atoms with van der Waals surface area (Å²) in [5.74, 6) is -0.0157. The van der Waals surface area contributed by atoms with Crippen molar-refractivity contribution >= 4 is 5.91 Å². The number of likely N-dealkylation sites (tertiary alicyclic amines) is 1. The first-order valence-corrected chi connectivity index (χ1v) is 6.64. The molecule has 0 bridgehead atoms. The Morgan fingerprint density at radius 2 is 2.00 bits per heavy atom. The van der Waals surface area contributed by atoms with Crippen molar-refractivity contribution in [3.8, 4) is 6.07 Å². The number of nitrogens with zero attached hydrogens (tertiary/aromatic N) is 2. The zero-order chi connectivity index (χ0) is 13.7. The zero-order valence-electron chi connectivity index (χ0n) is 11.2. The van der Waals surface area contributed by atoms with E-state index >= 15 is 0 Å². The average Bonchev–Trinajstić information content (AvgIpc) is 2.42. The highest BCUT2D eigenvalue weighted by Crippen LogP contribution is 2.10. The van der Waals surface area contributed by atoms with Gasteiger partial charge in [0, 0.05) is 11.6 Å². The Hall–Kier alpha value is -1.86. The van der Waals surface area contributed by atoms with Gasteiger partial charge in [0.15, 0.2) is 0 Å². The van der Waals surface area contributed by atoms with Crippen LogP contribution in [0.2, 0.25) is 0 Å². The second-order valence-corrected chi connectivity index (χ2v) is 5.08. The van der Waals surface area contributed by atoms with Crippen LogP contribution in [0.1, 0.15) is 28.8 Å². The molecule has 19 heavy (non-hydrogen) atoms. The van der Waals surface area contributed by atoms with Crippen LogP contribution in [0.25, 0.3) is 0 Å². The molecule has 1 amide bonds. The number of carbonyl (C=O) groups is 1. The lowest BCUT2D eigenvalue weighted by molar-refractivity contribution is 0.0917. The van der Waals surface area contributed by atoms with Crippen LogP contribution in [0.3, 0.4) is 0 Å². The lowest BCUT2D eigenvalue weighted by Gasteiger charge is -2.29. The predicted octanol–water partition coefficient (Wildman–Crippen LogP) is 1.58. The second kappa shape index (κ2) is 6.35. The van der Waals surface area contributed by atoms with Gasteiger partial charge in [0.05, 0.1) is 12.5 Å². The number of rotatable bonds is 3. The zero-order valence-corrected chi connectivity index (χ0v) is 11.2. The van der Waals surface area contributed by atoms with Gasteiger partial charge in [-0.1, -0.05) is 12.1 Å². The third-order valence-corrected chi connectivity index (χ3v) is 3.55. The summed E-state index contributed by atoms with van der Waals surface area (Å²) in [6.07, 6.45) is 2.40. The van der Waals surface area contributed by atoms with Crippen molar-refractivity contribution in [2.45, 2.75) is 25.3 Å². The van der Waals surface area contributed by atoms with Crippen LogP contribution in [0.4, 0.5) is 0 Å². The minimum absolute atomic E-state index is 0.0157. The van der Waals surface area contributed by atoms with E-state index in [9.17, 15) is 4.79 Å². The lowest BCUT2D eigenvalue weighted by atomic mass is 10.0. The standard InChI is InChI=1S/C15H19N3O/c1-18-10-7-14(8-11-18)17-15(19)13-4-2-12(3-5-13)6-9-16/h2-5,14H,6-8,10-11H2,1H3,(H,17,19). The number of nitriles is 1. The molecule has 1 saturated heterocycles. The molecule has 1 aromatic carbocycles. The number of carbonyl (C=O) groups excluding carboxylic acids is 1. The van der Waals surface area contributed by atoms with E-state index in [2.05, 4.69) is 23.3 Å². The Kier molecular flexibility index (Phi) is 4.53. The molecule has 0 aromatic heterocycles. The summed E-state index contributed by atoms with van der Waals surface area (Å²) in [4.78, 5) is 14.4. The summed E-state index contributed by atoms with van der Waals surface area (Å²) in [6.45, 7) is 2.07. The van der Waals surface area contributed by atoms with E-state index in [1.54, 1.807) is 12.1 Å². The Balaban J connectivity index is 1.91. The van der Waals surface area contributed by atoms with Crippen LogP contribution in [-0.4, -0.2) is 37.0 Å². The molecular weight excluding hydrogens is 238 g/mol. The topological polar surface area (TPSA) is 56.1 Å². The SMILES string of the molecule is CN1CCC(NC(=O)c2ccc(CC#N)cc2)CC1. The number of nitrogens with one attached hydrogen (secondary N) is 1. The highest BCUT2D eigenvalue weighted by atomic mass is 16.1. The fourth-order valence-electron chi connectivity index (χ4n) is 2.29. The smallest absolute Gasteiger partial charge is 0.251 e. The number of hydrogen-bond donors (Lipinski definition) is 1. The first-order valence-electron chi connectivity index (χ1n) is 6.64. The maximum atomic E-state index is 12.1. The largest absolute Gasteiger partial charge is 0.349 e. The van der Waals surface area contributed by atoms with Crippen LogP contribution < -0.4 is 5.32 Å². The van der Waals surface area contributed by atoms with Crippen molar-refractivity contribution < 1.29 is 4.79 Å². The number of amides is 1. The van der Waals surface area contributed by atoms with Gasteiger partial charge in [-0.3, -0.25) is 4.79 Å². The van der Waals surface area contributed by atoms with Gasteiger partial charge in [-0.05, 0) is 50.7 Å². The van der Waals surface area contributed by atoms with E-state index in [0.717, 1.165) is 31.5 Å². The molecule has 0 saturated carbocycles. The monoisotopic (exact) mass is 257 g/mol. The third kappa shape index (κ3) is 3.80. The highest BCUT2D eigenvalue weighted by Gasteiger charge is 2.18. The molecule has 1 aliphatic heterocycles. The lowest BCUT2D eigenvalue weighted by Crippen LogP contribution is -2.43. The quantitative estimate of drug-likeness (QED) is 0.894. The van der Waals surface area contributed by atoms with Crippen molar-refractivity contribution in [3.63, 3.8) is 0 Å². The van der Waals surface area contributed by atoms with Crippen molar-refractivity contribution in [1.29, 1.82) is 5.26 Å². The molecule has 0 unspecified atom stereocenters. The van der Waals surface area contributed by atoms with Gasteiger partial charge in [0.1, 0.15) is 0 Å². The molecule has 0 radical (unpaired) electrons. The highest BCUT2D eigenvalue weighted by molar-refractivity contribution is 5.94. The van der Waals surface area contributed by atoms with Gasteiger partial charge in [-0.15, -0.1) is 0 Å². The van der Waals surface area contributed by atoms with Crippen molar-refractivity contribution in [3.05, 3.63) is 35.4 Å². The maximum Gasteiger partial charge on any atom is 0.251 e. The Labute approximate surface area is 114 Å². The number of hydrogen-bond acceptors (Lipinski definition) is 3. The summed E-state index contributed by atoms with van der Waals surface area (Å²) >= 11 is 0. The molecule has 100 valence electrons. The summed E-state index contributed by atoms with van der Waals surface area (Å²) in [6, 6.07) is 9.63. The van der Waals surface area contributed by atoms with Crippen LogP contribution in [0.15, 0.2) is 24.3 Å². The molecule has 1 aromatic rings. The van der Waals surface area contributed by atoms with E-state index in [4.69, 9.17) is 5.26 Å². The molecule has 0 spiro atoms. The maximum absolute atomic E-state index is 12.1. The minimum atomic E-state index is -0.0157. The van der Waals surface area contributed by atoms with Gasteiger partial charge in [-0.25, -0.2) is 0 Å². The predicted molar refractivity (Wildman–Crippen MR) is 73.7 cm³/mol. The Morgan fingerprint density at radius 3 is 2.58 bits per heavy atom. The molecular formula is C15H19N3O. The van der Waals surface area contributed by atoms with E-state index in [-0.39, 0.29) is 11.9 Å².